The molecular weight excluding hydrogens is 240 g/mol. The van der Waals surface area contributed by atoms with Crippen molar-refractivity contribution < 1.29 is 4.42 Å². The van der Waals surface area contributed by atoms with Crippen LogP contribution in [-0.2, 0) is 6.54 Å². The summed E-state index contributed by atoms with van der Waals surface area (Å²) in [4.78, 5) is 13.7. The van der Waals surface area contributed by atoms with Gasteiger partial charge in [0.25, 0.3) is 0 Å². The van der Waals surface area contributed by atoms with Gasteiger partial charge in [0.1, 0.15) is 0 Å². The third kappa shape index (κ3) is 2.52. The highest BCUT2D eigenvalue weighted by Gasteiger charge is 2.01. The van der Waals surface area contributed by atoms with Crippen LogP contribution in [0.2, 0.25) is 0 Å². The topological polar surface area (TPSA) is 58.0 Å². The molecule has 0 bridgehead atoms. The predicted octanol–water partition coefficient (Wildman–Crippen LogP) is 3.04. The smallest absolute Gasteiger partial charge is 0.408 e. The second-order valence-electron chi connectivity index (χ2n) is 4.57. The van der Waals surface area contributed by atoms with Crippen LogP contribution < -0.4 is 11.1 Å². The zero-order valence-corrected chi connectivity index (χ0v) is 10.6. The Morgan fingerprint density at radius 3 is 2.95 bits per heavy atom. The van der Waals surface area contributed by atoms with Crippen LogP contribution in [-0.4, -0.2) is 4.98 Å². The first-order valence-electron chi connectivity index (χ1n) is 6.13. The molecule has 3 aromatic rings. The first-order valence-corrected chi connectivity index (χ1v) is 6.13. The minimum Gasteiger partial charge on any atom is -0.408 e. The third-order valence-corrected chi connectivity index (χ3v) is 3.00. The van der Waals surface area contributed by atoms with Crippen molar-refractivity contribution in [2.24, 2.45) is 0 Å². The van der Waals surface area contributed by atoms with E-state index in [0.717, 1.165) is 12.2 Å². The van der Waals surface area contributed by atoms with Crippen LogP contribution in [0, 0.1) is 6.92 Å². The summed E-state index contributed by atoms with van der Waals surface area (Å²) >= 11 is 0. The van der Waals surface area contributed by atoms with Crippen LogP contribution in [0.1, 0.15) is 11.1 Å². The van der Waals surface area contributed by atoms with Gasteiger partial charge in [-0.2, -0.15) is 0 Å². The summed E-state index contributed by atoms with van der Waals surface area (Å²) in [6.07, 6.45) is 0. The van der Waals surface area contributed by atoms with Crippen molar-refractivity contribution >= 4 is 16.8 Å². The molecule has 0 aliphatic rings. The fraction of sp³-hybridized carbons (Fsp3) is 0.133. The average molecular weight is 254 g/mol. The zero-order chi connectivity index (χ0) is 13.2. The van der Waals surface area contributed by atoms with Crippen molar-refractivity contribution in [1.29, 1.82) is 0 Å². The summed E-state index contributed by atoms with van der Waals surface area (Å²) in [5.74, 6) is -0.425. The van der Waals surface area contributed by atoms with Gasteiger partial charge >= 0.3 is 5.76 Å². The van der Waals surface area contributed by atoms with E-state index >= 15 is 0 Å². The molecule has 0 saturated carbocycles. The van der Waals surface area contributed by atoms with Crippen LogP contribution >= 0.6 is 0 Å². The number of aryl methyl sites for hydroxylation is 1. The van der Waals surface area contributed by atoms with Crippen molar-refractivity contribution in [1.82, 2.24) is 4.98 Å². The molecule has 0 aliphatic carbocycles. The van der Waals surface area contributed by atoms with Gasteiger partial charge in [0.2, 0.25) is 0 Å². The Hall–Kier alpha value is -2.49. The summed E-state index contributed by atoms with van der Waals surface area (Å²) in [5.41, 5.74) is 4.70. The standard InChI is InChI=1S/C15H14N2O2/c1-10-3-2-4-11(7-10)9-16-12-5-6-14-13(8-12)17-15(18)19-14/h2-8,16H,9H2,1H3,(H,17,18). The molecule has 0 unspecified atom stereocenters. The summed E-state index contributed by atoms with van der Waals surface area (Å²) < 4.78 is 4.96. The summed E-state index contributed by atoms with van der Waals surface area (Å²) in [6.45, 7) is 2.82. The largest absolute Gasteiger partial charge is 0.417 e. The van der Waals surface area contributed by atoms with Gasteiger partial charge in [-0.1, -0.05) is 29.8 Å². The highest BCUT2D eigenvalue weighted by Crippen LogP contribution is 2.17. The number of hydrogen-bond acceptors (Lipinski definition) is 3. The van der Waals surface area contributed by atoms with Crippen LogP contribution in [0.25, 0.3) is 11.1 Å². The van der Waals surface area contributed by atoms with Crippen molar-refractivity contribution in [3.8, 4) is 0 Å². The van der Waals surface area contributed by atoms with E-state index in [-0.39, 0.29) is 0 Å². The van der Waals surface area contributed by atoms with Gasteiger partial charge in [0.15, 0.2) is 5.58 Å². The quantitative estimate of drug-likeness (QED) is 0.755. The highest BCUT2D eigenvalue weighted by atomic mass is 16.4. The third-order valence-electron chi connectivity index (χ3n) is 3.00. The van der Waals surface area contributed by atoms with E-state index in [1.54, 1.807) is 6.07 Å². The Bertz CT molecular complexity index is 771. The fourth-order valence-corrected chi connectivity index (χ4v) is 2.09. The van der Waals surface area contributed by atoms with Crippen molar-refractivity contribution in [2.75, 3.05) is 5.32 Å². The minimum absolute atomic E-state index is 0.425. The number of fused-ring (bicyclic) bond motifs is 1. The Kier molecular flexibility index (Phi) is 2.83. The SMILES string of the molecule is Cc1cccc(CNc2ccc3oc(=O)[nH]c3c2)c1. The van der Waals surface area contributed by atoms with Gasteiger partial charge in [0.05, 0.1) is 5.52 Å². The monoisotopic (exact) mass is 254 g/mol. The van der Waals surface area contributed by atoms with E-state index in [4.69, 9.17) is 4.42 Å². The number of H-pyrrole nitrogens is 1. The van der Waals surface area contributed by atoms with Crippen LogP contribution in [0.3, 0.4) is 0 Å². The number of rotatable bonds is 3. The molecular formula is C15H14N2O2. The van der Waals surface area contributed by atoms with Crippen molar-refractivity contribution in [3.63, 3.8) is 0 Å². The molecule has 0 saturated heterocycles. The van der Waals surface area contributed by atoms with E-state index in [2.05, 4.69) is 35.4 Å². The van der Waals surface area contributed by atoms with Crippen LogP contribution in [0.5, 0.6) is 0 Å². The molecule has 3 rings (SSSR count). The van der Waals surface area contributed by atoms with Gasteiger partial charge in [-0.25, -0.2) is 4.79 Å². The fourth-order valence-electron chi connectivity index (χ4n) is 2.09. The van der Waals surface area contributed by atoms with Crippen molar-refractivity contribution in [3.05, 3.63) is 64.1 Å². The van der Waals surface area contributed by atoms with Gasteiger partial charge < -0.3 is 9.73 Å². The lowest BCUT2D eigenvalue weighted by Gasteiger charge is -2.07. The number of benzene rings is 2. The van der Waals surface area contributed by atoms with Crippen LogP contribution in [0.15, 0.2) is 51.7 Å². The molecule has 4 heteroatoms. The van der Waals surface area contributed by atoms with Crippen LogP contribution in [0.4, 0.5) is 5.69 Å². The average Bonchev–Trinajstić information content (AvgIpc) is 2.75. The summed E-state index contributed by atoms with van der Waals surface area (Å²) in [6, 6.07) is 13.9. The first-order chi connectivity index (χ1) is 9.20. The van der Waals surface area contributed by atoms with E-state index < -0.39 is 5.76 Å². The summed E-state index contributed by atoms with van der Waals surface area (Å²) in [5, 5.41) is 3.33. The lowest BCUT2D eigenvalue weighted by molar-refractivity contribution is 0.555. The van der Waals surface area contributed by atoms with Gasteiger partial charge in [-0.05, 0) is 30.7 Å². The molecule has 1 aromatic heterocycles. The van der Waals surface area contributed by atoms with E-state index in [1.165, 1.54) is 11.1 Å². The maximum atomic E-state index is 11.1. The normalized spacial score (nSPS) is 10.8. The molecule has 4 nitrogen and oxygen atoms in total. The summed E-state index contributed by atoms with van der Waals surface area (Å²) in [7, 11) is 0. The number of hydrogen-bond donors (Lipinski definition) is 2. The van der Waals surface area contributed by atoms with E-state index in [9.17, 15) is 4.79 Å². The molecule has 0 atom stereocenters. The maximum absolute atomic E-state index is 11.1. The van der Waals surface area contributed by atoms with E-state index in [0.29, 0.717) is 11.1 Å². The predicted molar refractivity (Wildman–Crippen MR) is 75.3 cm³/mol. The lowest BCUT2D eigenvalue weighted by atomic mass is 10.1. The molecule has 0 fully saturated rings. The molecule has 1 heterocycles. The molecule has 19 heavy (non-hydrogen) atoms. The maximum Gasteiger partial charge on any atom is 0.417 e. The van der Waals surface area contributed by atoms with Crippen molar-refractivity contribution in [2.45, 2.75) is 13.5 Å². The molecule has 0 spiro atoms. The van der Waals surface area contributed by atoms with Gasteiger partial charge in [0, 0.05) is 12.2 Å². The Morgan fingerprint density at radius 2 is 2.11 bits per heavy atom. The molecule has 2 N–H and O–H groups in total. The van der Waals surface area contributed by atoms with Gasteiger partial charge in [-0.15, -0.1) is 0 Å². The Labute approximate surface area is 110 Å². The molecule has 0 aliphatic heterocycles. The Morgan fingerprint density at radius 1 is 1.21 bits per heavy atom. The second-order valence-corrected chi connectivity index (χ2v) is 4.57. The first kappa shape index (κ1) is 11.6. The lowest BCUT2D eigenvalue weighted by Crippen LogP contribution is -1.99. The molecule has 0 amide bonds. The highest BCUT2D eigenvalue weighted by molar-refractivity contribution is 5.76. The minimum atomic E-state index is -0.425. The Balaban J connectivity index is 1.79. The molecule has 2 aromatic carbocycles. The second kappa shape index (κ2) is 4.65. The number of aromatic nitrogens is 1. The number of oxazole rings is 1. The molecule has 96 valence electrons. The van der Waals surface area contributed by atoms with E-state index in [1.807, 2.05) is 18.2 Å². The molecule has 0 radical (unpaired) electrons. The number of nitrogens with one attached hydrogen (secondary N) is 2. The number of aromatic amines is 1. The van der Waals surface area contributed by atoms with Gasteiger partial charge in [-0.3, -0.25) is 4.98 Å². The zero-order valence-electron chi connectivity index (χ0n) is 10.6. The number of anilines is 1.